The van der Waals surface area contributed by atoms with Crippen LogP contribution in [0.4, 0.5) is 0 Å². The van der Waals surface area contributed by atoms with Gasteiger partial charge in [-0.25, -0.2) is 0 Å². The van der Waals surface area contributed by atoms with E-state index in [0.29, 0.717) is 38.0 Å². The summed E-state index contributed by atoms with van der Waals surface area (Å²) in [5.41, 5.74) is 1.00. The summed E-state index contributed by atoms with van der Waals surface area (Å²) in [5, 5.41) is 6.14. The standard InChI is InChI=1S/C22H34N4O2/c1-2-5-21(27)25-15-20-10-9-19(26(20)16-17-7-8-17)14-22(28)24-13-11-18-6-3-4-12-23-18/h3-4,6,12,17,19-20H,2,5,7-11,13-16H2,1H3,(H,24,28)(H,25,27)/t19-,20+/m1/s1. The molecule has 0 unspecified atom stereocenters. The van der Waals surface area contributed by atoms with Crippen molar-refractivity contribution in [2.24, 2.45) is 5.92 Å². The van der Waals surface area contributed by atoms with Crippen LogP contribution < -0.4 is 10.6 Å². The summed E-state index contributed by atoms with van der Waals surface area (Å²) in [5.74, 6) is 1.05. The molecular weight excluding hydrogens is 352 g/mol. The van der Waals surface area contributed by atoms with Crippen molar-refractivity contribution >= 4 is 11.8 Å². The number of carbonyl (C=O) groups excluding carboxylic acids is 2. The lowest BCUT2D eigenvalue weighted by Crippen LogP contribution is -2.45. The molecule has 2 atom stereocenters. The molecule has 0 bridgehead atoms. The number of rotatable bonds is 11. The normalized spacial score (nSPS) is 22.2. The molecule has 2 heterocycles. The third kappa shape index (κ3) is 6.59. The van der Waals surface area contributed by atoms with Gasteiger partial charge in [-0.2, -0.15) is 0 Å². The Morgan fingerprint density at radius 2 is 1.93 bits per heavy atom. The fraction of sp³-hybridized carbons (Fsp3) is 0.682. The largest absolute Gasteiger partial charge is 0.356 e. The van der Waals surface area contributed by atoms with E-state index in [1.807, 2.05) is 25.1 Å². The maximum atomic E-state index is 12.5. The van der Waals surface area contributed by atoms with Crippen LogP contribution in [0.2, 0.25) is 0 Å². The van der Waals surface area contributed by atoms with Gasteiger partial charge in [0, 0.05) is 62.9 Å². The number of nitrogens with one attached hydrogen (secondary N) is 2. The number of hydrogen-bond donors (Lipinski definition) is 2. The van der Waals surface area contributed by atoms with Gasteiger partial charge in [-0.3, -0.25) is 19.5 Å². The van der Waals surface area contributed by atoms with Gasteiger partial charge in [-0.15, -0.1) is 0 Å². The van der Waals surface area contributed by atoms with Gasteiger partial charge >= 0.3 is 0 Å². The maximum absolute atomic E-state index is 12.5. The Balaban J connectivity index is 1.44. The minimum absolute atomic E-state index is 0.123. The Bertz CT molecular complexity index is 633. The summed E-state index contributed by atoms with van der Waals surface area (Å²) < 4.78 is 0. The molecule has 1 aliphatic carbocycles. The predicted molar refractivity (Wildman–Crippen MR) is 110 cm³/mol. The molecule has 6 nitrogen and oxygen atoms in total. The number of carbonyl (C=O) groups is 2. The summed E-state index contributed by atoms with van der Waals surface area (Å²) in [6.07, 6.45) is 9.26. The monoisotopic (exact) mass is 386 g/mol. The van der Waals surface area contributed by atoms with Crippen molar-refractivity contribution in [3.63, 3.8) is 0 Å². The Labute approximate surface area is 168 Å². The first kappa shape index (κ1) is 20.8. The summed E-state index contributed by atoms with van der Waals surface area (Å²) in [7, 11) is 0. The molecule has 2 amide bonds. The second-order valence-electron chi connectivity index (χ2n) is 8.20. The molecule has 2 N–H and O–H groups in total. The van der Waals surface area contributed by atoms with Crippen LogP contribution in [0.1, 0.15) is 57.6 Å². The van der Waals surface area contributed by atoms with E-state index in [2.05, 4.69) is 20.5 Å². The van der Waals surface area contributed by atoms with Gasteiger partial charge in [0.25, 0.3) is 0 Å². The topological polar surface area (TPSA) is 74.3 Å². The zero-order valence-electron chi connectivity index (χ0n) is 17.0. The smallest absolute Gasteiger partial charge is 0.221 e. The number of aromatic nitrogens is 1. The van der Waals surface area contributed by atoms with Crippen molar-refractivity contribution in [1.82, 2.24) is 20.5 Å². The van der Waals surface area contributed by atoms with Gasteiger partial charge in [0.15, 0.2) is 0 Å². The summed E-state index contributed by atoms with van der Waals surface area (Å²) in [4.78, 5) is 31.1. The fourth-order valence-corrected chi connectivity index (χ4v) is 4.06. The predicted octanol–water partition coefficient (Wildman–Crippen LogP) is 2.29. The molecule has 6 heteroatoms. The van der Waals surface area contributed by atoms with E-state index in [1.54, 1.807) is 6.20 Å². The van der Waals surface area contributed by atoms with Crippen LogP contribution in [0.25, 0.3) is 0 Å². The van der Waals surface area contributed by atoms with E-state index in [1.165, 1.54) is 12.8 Å². The van der Waals surface area contributed by atoms with Crippen LogP contribution in [0.3, 0.4) is 0 Å². The zero-order chi connectivity index (χ0) is 19.8. The molecule has 2 fully saturated rings. The molecule has 1 saturated heterocycles. The van der Waals surface area contributed by atoms with Crippen LogP contribution in [-0.2, 0) is 16.0 Å². The van der Waals surface area contributed by atoms with Crippen molar-refractivity contribution in [1.29, 1.82) is 0 Å². The van der Waals surface area contributed by atoms with Gasteiger partial charge in [0.1, 0.15) is 0 Å². The van der Waals surface area contributed by atoms with E-state index in [0.717, 1.165) is 43.8 Å². The third-order valence-corrected chi connectivity index (χ3v) is 5.80. The molecule has 3 rings (SSSR count). The van der Waals surface area contributed by atoms with Crippen LogP contribution in [0, 0.1) is 5.92 Å². The molecule has 0 aromatic carbocycles. The molecule has 28 heavy (non-hydrogen) atoms. The van der Waals surface area contributed by atoms with Crippen LogP contribution in [0.5, 0.6) is 0 Å². The highest BCUT2D eigenvalue weighted by Crippen LogP contribution is 2.35. The summed E-state index contributed by atoms with van der Waals surface area (Å²) in [6, 6.07) is 6.52. The van der Waals surface area contributed by atoms with Crippen molar-refractivity contribution in [3.8, 4) is 0 Å². The first-order valence-corrected chi connectivity index (χ1v) is 10.8. The van der Waals surface area contributed by atoms with E-state index in [4.69, 9.17) is 0 Å². The molecule has 0 spiro atoms. The number of likely N-dealkylation sites (tertiary alicyclic amines) is 1. The minimum atomic E-state index is 0.123. The molecule has 2 aliphatic rings. The minimum Gasteiger partial charge on any atom is -0.356 e. The van der Waals surface area contributed by atoms with Gasteiger partial charge in [-0.05, 0) is 50.2 Å². The first-order chi connectivity index (χ1) is 13.7. The Morgan fingerprint density at radius 1 is 1.11 bits per heavy atom. The van der Waals surface area contributed by atoms with Crippen molar-refractivity contribution in [3.05, 3.63) is 30.1 Å². The average molecular weight is 387 g/mol. The second-order valence-corrected chi connectivity index (χ2v) is 8.20. The van der Waals surface area contributed by atoms with E-state index in [9.17, 15) is 9.59 Å². The lowest BCUT2D eigenvalue weighted by Gasteiger charge is -2.30. The first-order valence-electron chi connectivity index (χ1n) is 10.8. The van der Waals surface area contributed by atoms with E-state index in [-0.39, 0.29) is 11.8 Å². The summed E-state index contributed by atoms with van der Waals surface area (Å²) in [6.45, 7) is 4.43. The number of nitrogens with zero attached hydrogens (tertiary/aromatic N) is 2. The summed E-state index contributed by atoms with van der Waals surface area (Å²) >= 11 is 0. The maximum Gasteiger partial charge on any atom is 0.221 e. The van der Waals surface area contributed by atoms with Crippen molar-refractivity contribution in [2.45, 2.75) is 70.4 Å². The Morgan fingerprint density at radius 3 is 2.64 bits per heavy atom. The van der Waals surface area contributed by atoms with Crippen molar-refractivity contribution in [2.75, 3.05) is 19.6 Å². The number of pyridine rings is 1. The van der Waals surface area contributed by atoms with Gasteiger partial charge in [0.2, 0.25) is 11.8 Å². The van der Waals surface area contributed by atoms with Gasteiger partial charge in [0.05, 0.1) is 0 Å². The highest BCUT2D eigenvalue weighted by atomic mass is 16.2. The molecule has 0 radical (unpaired) electrons. The zero-order valence-corrected chi connectivity index (χ0v) is 17.0. The second kappa shape index (κ2) is 10.6. The molecule has 1 saturated carbocycles. The van der Waals surface area contributed by atoms with Gasteiger partial charge < -0.3 is 10.6 Å². The van der Waals surface area contributed by atoms with E-state index >= 15 is 0 Å². The lowest BCUT2D eigenvalue weighted by atomic mass is 10.1. The quantitative estimate of drug-likeness (QED) is 0.612. The molecule has 1 aromatic heterocycles. The lowest BCUT2D eigenvalue weighted by molar-refractivity contribution is -0.123. The van der Waals surface area contributed by atoms with Crippen LogP contribution in [-0.4, -0.2) is 53.4 Å². The molecule has 154 valence electrons. The van der Waals surface area contributed by atoms with Gasteiger partial charge in [-0.1, -0.05) is 13.0 Å². The SMILES string of the molecule is CCCC(=O)NC[C@@H]1CC[C@H](CC(=O)NCCc2ccccn2)N1CC1CC1. The number of amides is 2. The average Bonchev–Trinajstić information content (AvgIpc) is 3.43. The van der Waals surface area contributed by atoms with Crippen molar-refractivity contribution < 1.29 is 9.59 Å². The Kier molecular flexibility index (Phi) is 7.83. The highest BCUT2D eigenvalue weighted by Gasteiger charge is 2.37. The van der Waals surface area contributed by atoms with Crippen LogP contribution in [0.15, 0.2) is 24.4 Å². The fourth-order valence-electron chi connectivity index (χ4n) is 4.06. The third-order valence-electron chi connectivity index (χ3n) is 5.80. The van der Waals surface area contributed by atoms with Crippen LogP contribution >= 0.6 is 0 Å². The molecule has 1 aromatic rings. The highest BCUT2D eigenvalue weighted by molar-refractivity contribution is 5.76. The number of hydrogen-bond acceptors (Lipinski definition) is 4. The molecule has 1 aliphatic heterocycles. The van der Waals surface area contributed by atoms with E-state index < -0.39 is 0 Å². The molecular formula is C22H34N4O2. The Hall–Kier alpha value is -1.95.